The van der Waals surface area contributed by atoms with E-state index in [0.29, 0.717) is 29.6 Å². The summed E-state index contributed by atoms with van der Waals surface area (Å²) in [6.45, 7) is 9.35. The summed E-state index contributed by atoms with van der Waals surface area (Å²) in [6, 6.07) is 0. The second-order valence-corrected chi connectivity index (χ2v) is 9.68. The Kier molecular flexibility index (Phi) is 4.15. The monoisotopic (exact) mass is 338 g/mol. The molecule has 3 aliphatic rings. The van der Waals surface area contributed by atoms with Crippen molar-refractivity contribution < 1.29 is 9.90 Å². The van der Waals surface area contributed by atoms with Crippen LogP contribution in [0.4, 0.5) is 0 Å². The topological polar surface area (TPSA) is 37.3 Å². The molecule has 0 aromatic carbocycles. The summed E-state index contributed by atoms with van der Waals surface area (Å²) in [5, 5.41) is 9.95. The molecule has 0 radical (unpaired) electrons. The highest BCUT2D eigenvalue weighted by Gasteiger charge is 2.58. The maximum absolute atomic E-state index is 12.2. The number of halogens is 1. The van der Waals surface area contributed by atoms with E-state index in [1.54, 1.807) is 0 Å². The van der Waals surface area contributed by atoms with Crippen LogP contribution in [-0.4, -0.2) is 16.8 Å². The lowest BCUT2D eigenvalue weighted by atomic mass is 9.43. The highest BCUT2D eigenvalue weighted by Crippen LogP contribution is 2.65. The molecule has 0 bridgehead atoms. The largest absolute Gasteiger partial charge is 0.505 e. The van der Waals surface area contributed by atoms with E-state index in [1.807, 2.05) is 6.08 Å². The van der Waals surface area contributed by atoms with Gasteiger partial charge in [-0.25, -0.2) is 0 Å². The van der Waals surface area contributed by atoms with Crippen LogP contribution in [-0.2, 0) is 4.79 Å². The summed E-state index contributed by atoms with van der Waals surface area (Å²) < 4.78 is 0. The van der Waals surface area contributed by atoms with Crippen molar-refractivity contribution in [3.63, 3.8) is 0 Å². The molecule has 3 rings (SSSR count). The maximum Gasteiger partial charge on any atom is 0.197 e. The molecule has 2 saturated carbocycles. The second-order valence-electron chi connectivity index (χ2n) is 9.37. The van der Waals surface area contributed by atoms with Crippen LogP contribution >= 0.6 is 11.6 Å². The van der Waals surface area contributed by atoms with Gasteiger partial charge in [0.1, 0.15) is 0 Å². The van der Waals surface area contributed by atoms with Gasteiger partial charge in [-0.3, -0.25) is 4.79 Å². The molecule has 0 aromatic rings. The lowest BCUT2D eigenvalue weighted by Gasteiger charge is -2.61. The molecule has 1 N–H and O–H groups in total. The Balaban J connectivity index is 1.91. The number of ketones is 1. The number of carbonyl (C=O) groups excluding carboxylic acids is 1. The zero-order valence-electron chi connectivity index (χ0n) is 15.0. The molecule has 3 heteroatoms. The fourth-order valence-electron chi connectivity index (χ4n) is 5.92. The highest BCUT2D eigenvalue weighted by atomic mass is 35.5. The molecule has 2 nitrogen and oxygen atoms in total. The fraction of sp³-hybridized carbons (Fsp3) is 0.850. The Hall–Kier alpha value is -0.500. The van der Waals surface area contributed by atoms with Crippen molar-refractivity contribution in [2.45, 2.75) is 66.2 Å². The van der Waals surface area contributed by atoms with Crippen molar-refractivity contribution in [1.82, 2.24) is 0 Å². The van der Waals surface area contributed by atoms with Crippen molar-refractivity contribution in [3.8, 4) is 0 Å². The molecule has 6 atom stereocenters. The van der Waals surface area contributed by atoms with Gasteiger partial charge in [-0.15, -0.1) is 11.6 Å². The number of hydrogen-bond acceptors (Lipinski definition) is 2. The number of aliphatic hydroxyl groups is 1. The Bertz CT molecular complexity index is 542. The Labute approximate surface area is 145 Å². The molecular weight excluding hydrogens is 308 g/mol. The molecule has 23 heavy (non-hydrogen) atoms. The molecule has 0 saturated heterocycles. The number of Topliss-reactive ketones (excluding diaryl/α,β-unsaturated/α-hetero) is 1. The predicted octanol–water partition coefficient (Wildman–Crippen LogP) is 5.51. The average Bonchev–Trinajstić information content (AvgIpc) is 2.50. The summed E-state index contributed by atoms with van der Waals surface area (Å²) in [5.74, 6) is 2.26. The van der Waals surface area contributed by atoms with Gasteiger partial charge >= 0.3 is 0 Å². The quantitative estimate of drug-likeness (QED) is 0.674. The van der Waals surface area contributed by atoms with Crippen LogP contribution in [0.3, 0.4) is 0 Å². The normalized spacial score (nSPS) is 48.2. The maximum atomic E-state index is 12.2. The molecule has 0 amide bonds. The summed E-state index contributed by atoms with van der Waals surface area (Å²) in [7, 11) is 0. The van der Waals surface area contributed by atoms with Crippen LogP contribution in [0, 0.1) is 34.0 Å². The van der Waals surface area contributed by atoms with Gasteiger partial charge in [-0.1, -0.05) is 27.7 Å². The van der Waals surface area contributed by atoms with Crippen molar-refractivity contribution in [3.05, 3.63) is 11.8 Å². The summed E-state index contributed by atoms with van der Waals surface area (Å²) in [6.07, 6.45) is 8.29. The Morgan fingerprint density at radius 3 is 2.65 bits per heavy atom. The standard InChI is InChI=1S/C20H31ClO2/c1-13(12-21)18(2)7-8-20(4)14(10-18)5-6-19(3)11-16(23)15(22)9-17(19)20/h11,13-14,17,23H,5-10,12H2,1-4H3/t13?,14-,17-,18-,19+,20+/m0/s1. The van der Waals surface area contributed by atoms with Crippen LogP contribution in [0.2, 0.25) is 0 Å². The molecule has 0 heterocycles. The van der Waals surface area contributed by atoms with Gasteiger partial charge in [0.05, 0.1) is 0 Å². The zero-order chi connectivity index (χ0) is 17.0. The number of carbonyl (C=O) groups is 1. The molecule has 3 aliphatic carbocycles. The first-order valence-corrected chi connectivity index (χ1v) is 9.69. The SMILES string of the molecule is CC(CCl)[C@@]1(C)CC[C@]2(C)[C@@H](CC[C@]3(C)C=C(O)C(=O)C[C@H]23)C1. The first kappa shape index (κ1) is 17.3. The van der Waals surface area contributed by atoms with Gasteiger partial charge in [0.25, 0.3) is 0 Å². The summed E-state index contributed by atoms with van der Waals surface area (Å²) in [5.41, 5.74) is 0.525. The van der Waals surface area contributed by atoms with Crippen LogP contribution in [0.5, 0.6) is 0 Å². The van der Waals surface area contributed by atoms with Crippen molar-refractivity contribution in [2.24, 2.45) is 34.0 Å². The van der Waals surface area contributed by atoms with Gasteiger partial charge in [0.15, 0.2) is 11.5 Å². The van der Waals surface area contributed by atoms with E-state index in [-0.39, 0.29) is 22.4 Å². The highest BCUT2D eigenvalue weighted by molar-refractivity contribution is 6.18. The number of rotatable bonds is 2. The van der Waals surface area contributed by atoms with Crippen LogP contribution in [0.25, 0.3) is 0 Å². The smallest absolute Gasteiger partial charge is 0.197 e. The fourth-order valence-corrected chi connectivity index (χ4v) is 6.29. The third-order valence-electron chi connectivity index (χ3n) is 8.07. The number of fused-ring (bicyclic) bond motifs is 3. The van der Waals surface area contributed by atoms with Crippen molar-refractivity contribution in [2.75, 3.05) is 5.88 Å². The first-order chi connectivity index (χ1) is 10.6. The molecule has 130 valence electrons. The lowest BCUT2D eigenvalue weighted by molar-refractivity contribution is -0.135. The van der Waals surface area contributed by atoms with Crippen LogP contribution in [0.1, 0.15) is 66.2 Å². The van der Waals surface area contributed by atoms with Gasteiger partial charge in [0, 0.05) is 12.3 Å². The van der Waals surface area contributed by atoms with E-state index in [4.69, 9.17) is 11.6 Å². The summed E-state index contributed by atoms with van der Waals surface area (Å²) >= 11 is 6.17. The molecule has 0 aromatic heterocycles. The Morgan fingerprint density at radius 1 is 1.30 bits per heavy atom. The minimum atomic E-state index is -0.0585. The van der Waals surface area contributed by atoms with E-state index in [0.717, 1.165) is 12.3 Å². The third-order valence-corrected chi connectivity index (χ3v) is 8.53. The molecular formula is C20H31ClO2. The lowest BCUT2D eigenvalue weighted by Crippen LogP contribution is -2.54. The number of alkyl halides is 1. The molecule has 0 spiro atoms. The van der Waals surface area contributed by atoms with E-state index in [2.05, 4.69) is 27.7 Å². The minimum Gasteiger partial charge on any atom is -0.505 e. The third kappa shape index (κ3) is 2.56. The predicted molar refractivity (Wildman–Crippen MR) is 94.6 cm³/mol. The number of hydrogen-bond donors (Lipinski definition) is 1. The van der Waals surface area contributed by atoms with Gasteiger partial charge in [-0.2, -0.15) is 0 Å². The van der Waals surface area contributed by atoms with E-state index < -0.39 is 0 Å². The molecule has 1 unspecified atom stereocenters. The average molecular weight is 339 g/mol. The molecule has 2 fully saturated rings. The number of allylic oxidation sites excluding steroid dienone is 2. The first-order valence-electron chi connectivity index (χ1n) is 9.16. The van der Waals surface area contributed by atoms with Gasteiger partial charge in [-0.05, 0) is 72.2 Å². The van der Waals surface area contributed by atoms with E-state index in [9.17, 15) is 9.90 Å². The van der Waals surface area contributed by atoms with Gasteiger partial charge < -0.3 is 5.11 Å². The van der Waals surface area contributed by atoms with E-state index >= 15 is 0 Å². The molecule has 0 aliphatic heterocycles. The van der Waals surface area contributed by atoms with Crippen LogP contribution in [0.15, 0.2) is 11.8 Å². The number of aliphatic hydroxyl groups excluding tert-OH is 1. The minimum absolute atomic E-state index is 0.00205. The summed E-state index contributed by atoms with van der Waals surface area (Å²) in [4.78, 5) is 12.2. The zero-order valence-corrected chi connectivity index (χ0v) is 15.7. The van der Waals surface area contributed by atoms with Gasteiger partial charge in [0.2, 0.25) is 0 Å². The van der Waals surface area contributed by atoms with E-state index in [1.165, 1.54) is 25.7 Å². The Morgan fingerprint density at radius 2 is 2.00 bits per heavy atom. The van der Waals surface area contributed by atoms with Crippen molar-refractivity contribution in [1.29, 1.82) is 0 Å². The van der Waals surface area contributed by atoms with Crippen molar-refractivity contribution >= 4 is 17.4 Å². The second kappa shape index (κ2) is 5.51. The van der Waals surface area contributed by atoms with Crippen LogP contribution < -0.4 is 0 Å².